The molecule has 4 heteroatoms. The van der Waals surface area contributed by atoms with Gasteiger partial charge in [-0.15, -0.1) is 0 Å². The minimum Gasteiger partial charge on any atom is -0.366 e. The van der Waals surface area contributed by atoms with Gasteiger partial charge >= 0.3 is 0 Å². The Morgan fingerprint density at radius 3 is 2.72 bits per heavy atom. The van der Waals surface area contributed by atoms with Crippen molar-refractivity contribution in [1.29, 1.82) is 5.26 Å². The maximum absolute atomic E-state index is 10.9. The van der Waals surface area contributed by atoms with Crippen LogP contribution in [0.1, 0.15) is 35.2 Å². The Labute approximate surface area is 107 Å². The predicted octanol–water partition coefficient (Wildman–Crippen LogP) is 1.57. The number of nitriles is 1. The number of benzene rings is 1. The van der Waals surface area contributed by atoms with Gasteiger partial charge in [-0.05, 0) is 30.5 Å². The summed E-state index contributed by atoms with van der Waals surface area (Å²) in [6.07, 6.45) is 3.18. The molecule has 1 aliphatic rings. The topological polar surface area (TPSA) is 78.9 Å². The Hall–Kier alpha value is -1.86. The van der Waals surface area contributed by atoms with Crippen LogP contribution in [-0.4, -0.2) is 11.9 Å². The normalized spacial score (nSPS) is 22.6. The van der Waals surface area contributed by atoms with E-state index in [-0.39, 0.29) is 5.92 Å². The highest BCUT2D eigenvalue weighted by molar-refractivity contribution is 5.92. The molecule has 1 aromatic rings. The largest absolute Gasteiger partial charge is 0.366 e. The van der Waals surface area contributed by atoms with Crippen LogP contribution in [0, 0.1) is 17.2 Å². The van der Waals surface area contributed by atoms with Gasteiger partial charge in [0.2, 0.25) is 5.91 Å². The number of primary amides is 1. The van der Waals surface area contributed by atoms with E-state index < -0.39 is 5.91 Å². The van der Waals surface area contributed by atoms with Crippen LogP contribution in [0.3, 0.4) is 0 Å². The third kappa shape index (κ3) is 2.88. The fraction of sp³-hybridized carbons (Fsp3) is 0.429. The molecule has 2 rings (SSSR count). The highest BCUT2D eigenvalue weighted by atomic mass is 16.1. The van der Waals surface area contributed by atoms with Crippen LogP contribution >= 0.6 is 0 Å². The SMILES string of the molecule is N#CC1CCCC1NCc1ccc(C(N)=O)cc1. The number of hydrogen-bond acceptors (Lipinski definition) is 3. The summed E-state index contributed by atoms with van der Waals surface area (Å²) in [6, 6.07) is 9.90. The highest BCUT2D eigenvalue weighted by Crippen LogP contribution is 2.25. The van der Waals surface area contributed by atoms with Gasteiger partial charge in [0.05, 0.1) is 12.0 Å². The van der Waals surface area contributed by atoms with E-state index in [2.05, 4.69) is 11.4 Å². The van der Waals surface area contributed by atoms with Crippen molar-refractivity contribution < 1.29 is 4.79 Å². The number of carbonyl (C=O) groups is 1. The number of hydrogen-bond donors (Lipinski definition) is 2. The van der Waals surface area contributed by atoms with Crippen molar-refractivity contribution >= 4 is 5.91 Å². The first kappa shape index (κ1) is 12.6. The molecule has 94 valence electrons. The van der Waals surface area contributed by atoms with Crippen molar-refractivity contribution in [2.24, 2.45) is 11.7 Å². The molecule has 1 aromatic carbocycles. The average Bonchev–Trinajstić information content (AvgIpc) is 2.84. The highest BCUT2D eigenvalue weighted by Gasteiger charge is 2.26. The first-order valence-corrected chi connectivity index (χ1v) is 6.22. The standard InChI is InChI=1S/C14H17N3O/c15-8-12-2-1-3-13(12)17-9-10-4-6-11(7-5-10)14(16)18/h4-7,12-13,17H,1-3,9H2,(H2,16,18). The molecule has 0 bridgehead atoms. The molecule has 1 aliphatic carbocycles. The molecule has 0 saturated heterocycles. The Morgan fingerprint density at radius 2 is 2.11 bits per heavy atom. The van der Waals surface area contributed by atoms with E-state index in [1.165, 1.54) is 0 Å². The van der Waals surface area contributed by atoms with Crippen LogP contribution in [0.15, 0.2) is 24.3 Å². The van der Waals surface area contributed by atoms with Crippen LogP contribution in [0.25, 0.3) is 0 Å². The minimum atomic E-state index is -0.408. The fourth-order valence-electron chi connectivity index (χ4n) is 2.39. The number of nitrogens with one attached hydrogen (secondary N) is 1. The van der Waals surface area contributed by atoms with Gasteiger partial charge in [-0.1, -0.05) is 18.6 Å². The quantitative estimate of drug-likeness (QED) is 0.842. The second kappa shape index (κ2) is 5.65. The van der Waals surface area contributed by atoms with Crippen LogP contribution in [0.2, 0.25) is 0 Å². The first-order chi connectivity index (χ1) is 8.70. The summed E-state index contributed by atoms with van der Waals surface area (Å²) in [5.41, 5.74) is 6.81. The van der Waals surface area contributed by atoms with Gasteiger partial charge in [-0.2, -0.15) is 5.26 Å². The molecule has 0 aromatic heterocycles. The maximum atomic E-state index is 10.9. The summed E-state index contributed by atoms with van der Waals surface area (Å²) in [4.78, 5) is 10.9. The summed E-state index contributed by atoms with van der Waals surface area (Å²) in [7, 11) is 0. The van der Waals surface area contributed by atoms with Gasteiger partial charge in [0.25, 0.3) is 0 Å². The number of amides is 1. The Kier molecular flexibility index (Phi) is 3.96. The third-order valence-corrected chi connectivity index (χ3v) is 3.49. The fourth-order valence-corrected chi connectivity index (χ4v) is 2.39. The van der Waals surface area contributed by atoms with Gasteiger partial charge in [-0.3, -0.25) is 4.79 Å². The molecule has 1 saturated carbocycles. The van der Waals surface area contributed by atoms with Gasteiger partial charge in [-0.25, -0.2) is 0 Å². The summed E-state index contributed by atoms with van der Waals surface area (Å²) >= 11 is 0. The zero-order chi connectivity index (χ0) is 13.0. The molecule has 0 heterocycles. The van der Waals surface area contributed by atoms with Gasteiger partial charge in [0, 0.05) is 18.2 Å². The smallest absolute Gasteiger partial charge is 0.248 e. The van der Waals surface area contributed by atoms with E-state index in [1.54, 1.807) is 12.1 Å². The van der Waals surface area contributed by atoms with Gasteiger partial charge < -0.3 is 11.1 Å². The van der Waals surface area contributed by atoms with Gasteiger partial charge in [0.15, 0.2) is 0 Å². The van der Waals surface area contributed by atoms with E-state index in [4.69, 9.17) is 11.0 Å². The van der Waals surface area contributed by atoms with Crippen molar-refractivity contribution in [2.45, 2.75) is 31.8 Å². The maximum Gasteiger partial charge on any atom is 0.248 e. The Balaban J connectivity index is 1.90. The van der Waals surface area contributed by atoms with Crippen LogP contribution in [-0.2, 0) is 6.54 Å². The van der Waals surface area contributed by atoms with Crippen molar-refractivity contribution in [3.8, 4) is 6.07 Å². The molecule has 18 heavy (non-hydrogen) atoms. The lowest BCUT2D eigenvalue weighted by Crippen LogP contribution is -2.31. The van der Waals surface area contributed by atoms with Crippen molar-refractivity contribution in [2.75, 3.05) is 0 Å². The van der Waals surface area contributed by atoms with Crippen molar-refractivity contribution in [1.82, 2.24) is 5.32 Å². The monoisotopic (exact) mass is 243 g/mol. The molecule has 0 aliphatic heterocycles. The summed E-state index contributed by atoms with van der Waals surface area (Å²) < 4.78 is 0. The zero-order valence-corrected chi connectivity index (χ0v) is 10.2. The van der Waals surface area contributed by atoms with E-state index in [9.17, 15) is 4.79 Å². The Morgan fingerprint density at radius 1 is 1.39 bits per heavy atom. The van der Waals surface area contributed by atoms with E-state index in [0.717, 1.165) is 31.4 Å². The van der Waals surface area contributed by atoms with Crippen LogP contribution in [0.4, 0.5) is 0 Å². The molecule has 0 radical (unpaired) electrons. The molecule has 2 atom stereocenters. The molecule has 3 N–H and O–H groups in total. The number of carbonyl (C=O) groups excluding carboxylic acids is 1. The third-order valence-electron chi connectivity index (χ3n) is 3.49. The molecular formula is C14H17N3O. The predicted molar refractivity (Wildman–Crippen MR) is 68.5 cm³/mol. The number of nitrogens with two attached hydrogens (primary N) is 1. The summed E-state index contributed by atoms with van der Waals surface area (Å²) in [5, 5.41) is 12.4. The summed E-state index contributed by atoms with van der Waals surface area (Å²) in [5.74, 6) is -0.273. The van der Waals surface area contributed by atoms with E-state index in [1.807, 2.05) is 12.1 Å². The van der Waals surface area contributed by atoms with Crippen LogP contribution in [0.5, 0.6) is 0 Å². The van der Waals surface area contributed by atoms with Gasteiger partial charge in [0.1, 0.15) is 0 Å². The van der Waals surface area contributed by atoms with Crippen LogP contribution < -0.4 is 11.1 Å². The Bertz CT molecular complexity index is 461. The second-order valence-corrected chi connectivity index (χ2v) is 4.72. The molecule has 0 spiro atoms. The minimum absolute atomic E-state index is 0.134. The molecule has 2 unspecified atom stereocenters. The number of rotatable bonds is 4. The van der Waals surface area contributed by atoms with E-state index >= 15 is 0 Å². The van der Waals surface area contributed by atoms with Crippen molar-refractivity contribution in [3.63, 3.8) is 0 Å². The molecule has 1 amide bonds. The van der Waals surface area contributed by atoms with E-state index in [0.29, 0.717) is 11.6 Å². The lowest BCUT2D eigenvalue weighted by Gasteiger charge is -2.15. The lowest BCUT2D eigenvalue weighted by atomic mass is 10.1. The first-order valence-electron chi connectivity index (χ1n) is 6.22. The molecule has 1 fully saturated rings. The lowest BCUT2D eigenvalue weighted by molar-refractivity contribution is 0.100. The number of nitrogens with zero attached hydrogens (tertiary/aromatic N) is 1. The zero-order valence-electron chi connectivity index (χ0n) is 10.2. The van der Waals surface area contributed by atoms with Crippen molar-refractivity contribution in [3.05, 3.63) is 35.4 Å². The molecular weight excluding hydrogens is 226 g/mol. The summed E-state index contributed by atoms with van der Waals surface area (Å²) in [6.45, 7) is 0.724. The second-order valence-electron chi connectivity index (χ2n) is 4.72. The molecule has 4 nitrogen and oxygen atoms in total. The average molecular weight is 243 g/mol.